The van der Waals surface area contributed by atoms with Gasteiger partial charge in [0.25, 0.3) is 0 Å². The maximum atomic E-state index is 13.0. The SMILES string of the molecule is COc1ccc(S(=O)(=O)N[C@@H](Cc2ccccc2)C(=O)Nc2ccccc2Br)cc1Cl. The van der Waals surface area contributed by atoms with Gasteiger partial charge in [-0.1, -0.05) is 54.1 Å². The summed E-state index contributed by atoms with van der Waals surface area (Å²) in [5.41, 5.74) is 1.35. The van der Waals surface area contributed by atoms with Crippen LogP contribution in [0.25, 0.3) is 0 Å². The minimum absolute atomic E-state index is 0.0648. The lowest BCUT2D eigenvalue weighted by atomic mass is 10.1. The highest BCUT2D eigenvalue weighted by Gasteiger charge is 2.27. The number of benzene rings is 3. The van der Waals surface area contributed by atoms with E-state index in [0.717, 1.165) is 5.56 Å². The third-order valence-electron chi connectivity index (χ3n) is 4.46. The number of sulfonamides is 1. The van der Waals surface area contributed by atoms with E-state index in [1.807, 2.05) is 36.4 Å². The zero-order valence-corrected chi connectivity index (χ0v) is 19.7. The van der Waals surface area contributed by atoms with Gasteiger partial charge in [0.1, 0.15) is 11.8 Å². The Morgan fingerprint density at radius 3 is 2.39 bits per heavy atom. The van der Waals surface area contributed by atoms with Gasteiger partial charge in [-0.15, -0.1) is 0 Å². The first-order valence-corrected chi connectivity index (χ1v) is 11.9. The molecule has 0 fully saturated rings. The van der Waals surface area contributed by atoms with Crippen LogP contribution >= 0.6 is 27.5 Å². The fourth-order valence-electron chi connectivity index (χ4n) is 2.89. The molecule has 162 valence electrons. The summed E-state index contributed by atoms with van der Waals surface area (Å²) in [4.78, 5) is 13.0. The highest BCUT2D eigenvalue weighted by atomic mass is 79.9. The summed E-state index contributed by atoms with van der Waals surface area (Å²) in [6.45, 7) is 0. The molecule has 0 radical (unpaired) electrons. The van der Waals surface area contributed by atoms with Gasteiger partial charge >= 0.3 is 0 Å². The van der Waals surface area contributed by atoms with Crippen molar-refractivity contribution in [3.05, 3.63) is 87.9 Å². The number of carbonyl (C=O) groups is 1. The molecule has 0 aliphatic heterocycles. The molecular weight excluding hydrogens is 504 g/mol. The minimum atomic E-state index is -4.04. The van der Waals surface area contributed by atoms with Crippen molar-refractivity contribution in [2.24, 2.45) is 0 Å². The summed E-state index contributed by atoms with van der Waals surface area (Å²) in [6, 6.07) is 19.3. The van der Waals surface area contributed by atoms with E-state index >= 15 is 0 Å². The summed E-state index contributed by atoms with van der Waals surface area (Å²) >= 11 is 9.47. The molecule has 1 amide bonds. The maximum absolute atomic E-state index is 13.0. The van der Waals surface area contributed by atoms with Crippen LogP contribution in [-0.4, -0.2) is 27.5 Å². The van der Waals surface area contributed by atoms with Crippen LogP contribution in [0.1, 0.15) is 5.56 Å². The van der Waals surface area contributed by atoms with Crippen molar-refractivity contribution < 1.29 is 17.9 Å². The van der Waals surface area contributed by atoms with Gasteiger partial charge in [0.05, 0.1) is 22.7 Å². The number of anilines is 1. The third-order valence-corrected chi connectivity index (χ3v) is 6.92. The molecule has 0 unspecified atom stereocenters. The van der Waals surface area contributed by atoms with Crippen LogP contribution in [0.2, 0.25) is 5.02 Å². The van der Waals surface area contributed by atoms with Crippen LogP contribution in [0, 0.1) is 0 Å². The van der Waals surface area contributed by atoms with Crippen LogP contribution in [0.5, 0.6) is 5.75 Å². The van der Waals surface area contributed by atoms with Crippen molar-refractivity contribution in [1.29, 1.82) is 0 Å². The molecule has 0 aromatic heterocycles. The number of methoxy groups -OCH3 is 1. The Labute approximate surface area is 194 Å². The summed E-state index contributed by atoms with van der Waals surface area (Å²) in [5, 5.41) is 2.93. The van der Waals surface area contributed by atoms with Gasteiger partial charge in [0.2, 0.25) is 15.9 Å². The first kappa shape index (κ1) is 23.3. The number of hydrogen-bond acceptors (Lipinski definition) is 4. The predicted molar refractivity (Wildman–Crippen MR) is 125 cm³/mol. The second-order valence-corrected chi connectivity index (χ2v) is 9.60. The third kappa shape index (κ3) is 6.07. The molecule has 3 rings (SSSR count). The van der Waals surface area contributed by atoms with Crippen LogP contribution in [0.4, 0.5) is 5.69 Å². The molecule has 2 N–H and O–H groups in total. The van der Waals surface area contributed by atoms with E-state index in [-0.39, 0.29) is 16.3 Å². The van der Waals surface area contributed by atoms with E-state index in [9.17, 15) is 13.2 Å². The lowest BCUT2D eigenvalue weighted by Gasteiger charge is -2.19. The highest BCUT2D eigenvalue weighted by Crippen LogP contribution is 2.27. The Bertz CT molecular complexity index is 1170. The molecule has 0 aliphatic rings. The molecule has 0 spiro atoms. The van der Waals surface area contributed by atoms with Crippen molar-refractivity contribution >= 4 is 49.1 Å². The number of nitrogens with one attached hydrogen (secondary N) is 2. The van der Waals surface area contributed by atoms with Gasteiger partial charge in [-0.3, -0.25) is 4.79 Å². The van der Waals surface area contributed by atoms with Gasteiger partial charge in [-0.05, 0) is 58.2 Å². The Hall–Kier alpha value is -2.39. The largest absolute Gasteiger partial charge is 0.495 e. The first-order chi connectivity index (χ1) is 14.8. The van der Waals surface area contributed by atoms with Crippen molar-refractivity contribution in [3.8, 4) is 5.75 Å². The molecule has 0 bridgehead atoms. The van der Waals surface area contributed by atoms with E-state index in [0.29, 0.717) is 15.9 Å². The van der Waals surface area contributed by atoms with E-state index in [1.54, 1.807) is 18.2 Å². The monoisotopic (exact) mass is 522 g/mol. The Kier molecular flexibility index (Phi) is 7.72. The van der Waals surface area contributed by atoms with Crippen molar-refractivity contribution in [3.63, 3.8) is 0 Å². The number of rotatable bonds is 8. The topological polar surface area (TPSA) is 84.5 Å². The normalized spacial score (nSPS) is 12.2. The summed E-state index contributed by atoms with van der Waals surface area (Å²) in [7, 11) is -2.60. The average Bonchev–Trinajstić information content (AvgIpc) is 2.75. The molecule has 6 nitrogen and oxygen atoms in total. The molecule has 1 atom stereocenters. The van der Waals surface area contributed by atoms with Crippen molar-refractivity contribution in [2.75, 3.05) is 12.4 Å². The smallest absolute Gasteiger partial charge is 0.242 e. The molecule has 0 heterocycles. The molecule has 31 heavy (non-hydrogen) atoms. The van der Waals surface area contributed by atoms with Gasteiger partial charge in [-0.25, -0.2) is 8.42 Å². The zero-order chi connectivity index (χ0) is 22.4. The summed E-state index contributed by atoms with van der Waals surface area (Å²) in [5.74, 6) is -0.132. The Balaban J connectivity index is 1.89. The Morgan fingerprint density at radius 2 is 1.74 bits per heavy atom. The summed E-state index contributed by atoms with van der Waals surface area (Å²) in [6.07, 6.45) is 0.167. The van der Waals surface area contributed by atoms with Gasteiger partial charge in [-0.2, -0.15) is 4.72 Å². The van der Waals surface area contributed by atoms with Gasteiger partial charge in [0.15, 0.2) is 0 Å². The minimum Gasteiger partial charge on any atom is -0.495 e. The number of para-hydroxylation sites is 1. The number of amides is 1. The molecule has 0 aliphatic carbocycles. The van der Waals surface area contributed by atoms with E-state index in [2.05, 4.69) is 26.0 Å². The average molecular weight is 524 g/mol. The fraction of sp³-hybridized carbons (Fsp3) is 0.136. The Morgan fingerprint density at radius 1 is 1.06 bits per heavy atom. The lowest BCUT2D eigenvalue weighted by molar-refractivity contribution is -0.117. The zero-order valence-electron chi connectivity index (χ0n) is 16.5. The van der Waals surface area contributed by atoms with Crippen LogP contribution < -0.4 is 14.8 Å². The molecule has 0 saturated carbocycles. The summed E-state index contributed by atoms with van der Waals surface area (Å²) < 4.78 is 34.3. The van der Waals surface area contributed by atoms with Crippen LogP contribution in [0.15, 0.2) is 82.2 Å². The van der Waals surface area contributed by atoms with Gasteiger partial charge in [0, 0.05) is 4.47 Å². The quantitative estimate of drug-likeness (QED) is 0.451. The number of halogens is 2. The van der Waals surface area contributed by atoms with Crippen molar-refractivity contribution in [1.82, 2.24) is 4.72 Å². The number of hydrogen-bond donors (Lipinski definition) is 2. The first-order valence-electron chi connectivity index (χ1n) is 9.25. The van der Waals surface area contributed by atoms with Gasteiger partial charge < -0.3 is 10.1 Å². The second-order valence-electron chi connectivity index (χ2n) is 6.63. The second kappa shape index (κ2) is 10.3. The van der Waals surface area contributed by atoms with E-state index in [1.165, 1.54) is 25.3 Å². The standard InChI is InChI=1S/C22H20BrClN2O4S/c1-30-21-12-11-16(14-18(21)24)31(28,29)26-20(13-15-7-3-2-4-8-15)22(27)25-19-10-6-5-9-17(19)23/h2-12,14,20,26H,13H2,1H3,(H,25,27)/t20-/m0/s1. The number of carbonyl (C=O) groups excluding carboxylic acids is 1. The van der Waals surface area contributed by atoms with E-state index < -0.39 is 22.0 Å². The lowest BCUT2D eigenvalue weighted by Crippen LogP contribution is -2.45. The van der Waals surface area contributed by atoms with Crippen molar-refractivity contribution in [2.45, 2.75) is 17.4 Å². The van der Waals surface area contributed by atoms with E-state index in [4.69, 9.17) is 16.3 Å². The molecule has 3 aromatic carbocycles. The molecule has 0 saturated heterocycles. The molecular formula is C22H20BrClN2O4S. The van der Waals surface area contributed by atoms with Crippen LogP contribution in [0.3, 0.4) is 0 Å². The maximum Gasteiger partial charge on any atom is 0.242 e. The predicted octanol–water partition coefficient (Wildman–Crippen LogP) is 4.64. The molecule has 9 heteroatoms. The fourth-order valence-corrected chi connectivity index (χ4v) is 4.82. The van der Waals surface area contributed by atoms with Crippen LogP contribution in [-0.2, 0) is 21.2 Å². The number of ether oxygens (including phenoxy) is 1. The highest BCUT2D eigenvalue weighted by molar-refractivity contribution is 9.10. The molecule has 3 aromatic rings.